The van der Waals surface area contributed by atoms with E-state index in [0.717, 1.165) is 9.37 Å². The van der Waals surface area contributed by atoms with Crippen molar-refractivity contribution in [2.45, 2.75) is 12.1 Å². The highest BCUT2D eigenvalue weighted by atomic mass is 79.9. The molecule has 1 amide bonds. The van der Waals surface area contributed by atoms with E-state index >= 15 is 0 Å². The van der Waals surface area contributed by atoms with Gasteiger partial charge in [0.15, 0.2) is 6.04 Å². The molecule has 0 spiro atoms. The van der Waals surface area contributed by atoms with Crippen molar-refractivity contribution in [2.24, 2.45) is 0 Å². The van der Waals surface area contributed by atoms with E-state index in [0.29, 0.717) is 5.56 Å². The Morgan fingerprint density at radius 1 is 1.14 bits per heavy atom. The largest absolute Gasteiger partial charge is 0.480 e. The second-order valence-electron chi connectivity index (χ2n) is 4.56. The zero-order valence-corrected chi connectivity index (χ0v) is 12.4. The lowest BCUT2D eigenvalue weighted by atomic mass is 10.0. The van der Waals surface area contributed by atoms with Gasteiger partial charge in [0.2, 0.25) is 0 Å². The number of amides is 1. The number of rotatable bonds is 3. The van der Waals surface area contributed by atoms with Crippen molar-refractivity contribution in [1.82, 2.24) is 10.2 Å². The molecule has 1 fully saturated rings. The molecule has 2 atom stereocenters. The molecule has 0 saturated carbocycles. The van der Waals surface area contributed by atoms with Crippen molar-refractivity contribution in [3.05, 3.63) is 34.3 Å². The number of carboxylic acids is 2. The number of nitrogens with zero attached hydrogens (tertiary/aromatic N) is 1. The van der Waals surface area contributed by atoms with Gasteiger partial charge in [0.1, 0.15) is 6.04 Å². The summed E-state index contributed by atoms with van der Waals surface area (Å²) in [6.07, 6.45) is 0. The number of aliphatic carboxylic acids is 2. The van der Waals surface area contributed by atoms with E-state index in [9.17, 15) is 19.5 Å². The lowest BCUT2D eigenvalue weighted by Gasteiger charge is -2.37. The molecule has 112 valence electrons. The van der Waals surface area contributed by atoms with Gasteiger partial charge in [-0.15, -0.1) is 0 Å². The normalized spacial score (nSPS) is 21.9. The lowest BCUT2D eigenvalue weighted by Crippen LogP contribution is -2.65. The number of nitrogens with one attached hydrogen (secondary N) is 1. The number of benzene rings is 1. The van der Waals surface area contributed by atoms with Gasteiger partial charge < -0.3 is 20.4 Å². The Morgan fingerprint density at radius 3 is 2.29 bits per heavy atom. The molecular formula is C13H13BrN2O5. The van der Waals surface area contributed by atoms with Crippen LogP contribution in [0, 0.1) is 0 Å². The molecule has 1 aromatic rings. The monoisotopic (exact) mass is 356 g/mol. The van der Waals surface area contributed by atoms with Gasteiger partial charge in [-0.2, -0.15) is 0 Å². The highest BCUT2D eigenvalue weighted by Crippen LogP contribution is 2.17. The molecule has 0 bridgehead atoms. The Kier molecular flexibility index (Phi) is 4.59. The highest BCUT2D eigenvalue weighted by Gasteiger charge is 2.43. The fourth-order valence-corrected chi connectivity index (χ4v) is 2.52. The minimum absolute atomic E-state index is 0.135. The van der Waals surface area contributed by atoms with E-state index in [-0.39, 0.29) is 13.1 Å². The van der Waals surface area contributed by atoms with Crippen LogP contribution in [0.3, 0.4) is 0 Å². The molecular weight excluding hydrogens is 344 g/mol. The van der Waals surface area contributed by atoms with Crippen molar-refractivity contribution in [1.29, 1.82) is 0 Å². The van der Waals surface area contributed by atoms with Crippen LogP contribution in [0.1, 0.15) is 10.4 Å². The first kappa shape index (κ1) is 15.5. The summed E-state index contributed by atoms with van der Waals surface area (Å²) in [7, 11) is 0. The standard InChI is InChI=1S/C13H13BrN2O5/c14-8-3-1-7(2-4-8)11(17)16-6-5-15-9(12(18)19)10(16)13(20)21/h1-4,9-10,15H,5-6H2,(H,18,19)(H,20,21)/t9-,10+/m1/s1. The highest BCUT2D eigenvalue weighted by molar-refractivity contribution is 9.10. The van der Waals surface area contributed by atoms with Crippen LogP contribution in [-0.4, -0.2) is 58.1 Å². The first-order chi connectivity index (χ1) is 9.91. The van der Waals surface area contributed by atoms with Crippen LogP contribution in [0.4, 0.5) is 0 Å². The number of hydrogen-bond donors (Lipinski definition) is 3. The average Bonchev–Trinajstić information content (AvgIpc) is 2.46. The number of carbonyl (C=O) groups excluding carboxylic acids is 1. The van der Waals surface area contributed by atoms with Crippen LogP contribution in [0.25, 0.3) is 0 Å². The van der Waals surface area contributed by atoms with Gasteiger partial charge in [-0.1, -0.05) is 15.9 Å². The molecule has 0 aliphatic carbocycles. The van der Waals surface area contributed by atoms with Gasteiger partial charge in [-0.3, -0.25) is 9.59 Å². The summed E-state index contributed by atoms with van der Waals surface area (Å²) in [5.41, 5.74) is 0.315. The first-order valence-corrected chi connectivity index (χ1v) is 6.96. The zero-order chi connectivity index (χ0) is 15.6. The molecule has 8 heteroatoms. The number of hydrogen-bond acceptors (Lipinski definition) is 4. The summed E-state index contributed by atoms with van der Waals surface area (Å²) < 4.78 is 0.789. The molecule has 1 aliphatic heterocycles. The number of halogens is 1. The smallest absolute Gasteiger partial charge is 0.328 e. The minimum atomic E-state index is -1.44. The van der Waals surface area contributed by atoms with E-state index in [4.69, 9.17) is 5.11 Å². The summed E-state index contributed by atoms with van der Waals surface area (Å²) >= 11 is 3.25. The third kappa shape index (κ3) is 3.22. The maximum absolute atomic E-state index is 12.4. The summed E-state index contributed by atoms with van der Waals surface area (Å²) in [6, 6.07) is 3.69. The second kappa shape index (κ2) is 6.23. The molecule has 0 aromatic heterocycles. The fourth-order valence-electron chi connectivity index (χ4n) is 2.26. The van der Waals surface area contributed by atoms with Crippen molar-refractivity contribution in [3.8, 4) is 0 Å². The Bertz CT molecular complexity index is 574. The quantitative estimate of drug-likeness (QED) is 0.723. The van der Waals surface area contributed by atoms with Crippen LogP contribution in [-0.2, 0) is 9.59 Å². The van der Waals surface area contributed by atoms with E-state index in [1.54, 1.807) is 24.3 Å². The molecule has 1 aliphatic rings. The van der Waals surface area contributed by atoms with Gasteiger partial charge in [0.25, 0.3) is 5.91 Å². The summed E-state index contributed by atoms with van der Waals surface area (Å²) in [4.78, 5) is 36.0. The molecule has 1 aromatic carbocycles. The predicted molar refractivity (Wildman–Crippen MR) is 76.0 cm³/mol. The van der Waals surface area contributed by atoms with Gasteiger partial charge >= 0.3 is 11.9 Å². The van der Waals surface area contributed by atoms with E-state index in [2.05, 4.69) is 21.2 Å². The SMILES string of the molecule is O=C(O)[C@@H]1[C@H](C(=O)O)NCCN1C(=O)c1ccc(Br)cc1. The Morgan fingerprint density at radius 2 is 1.76 bits per heavy atom. The van der Waals surface area contributed by atoms with E-state index < -0.39 is 29.9 Å². The Labute approximate surface area is 128 Å². The zero-order valence-electron chi connectivity index (χ0n) is 10.8. The van der Waals surface area contributed by atoms with Crippen LogP contribution < -0.4 is 5.32 Å². The van der Waals surface area contributed by atoms with Crippen LogP contribution in [0.15, 0.2) is 28.7 Å². The number of carbonyl (C=O) groups is 3. The van der Waals surface area contributed by atoms with E-state index in [1.807, 2.05) is 0 Å². The molecule has 7 nitrogen and oxygen atoms in total. The van der Waals surface area contributed by atoms with E-state index in [1.165, 1.54) is 0 Å². The van der Waals surface area contributed by atoms with Gasteiger partial charge in [0.05, 0.1) is 0 Å². The Balaban J connectivity index is 2.31. The molecule has 0 radical (unpaired) electrons. The minimum Gasteiger partial charge on any atom is -0.480 e. The van der Waals surface area contributed by atoms with Crippen LogP contribution in [0.2, 0.25) is 0 Å². The summed E-state index contributed by atoms with van der Waals surface area (Å²) in [6.45, 7) is 0.360. The topological polar surface area (TPSA) is 107 Å². The third-order valence-corrected chi connectivity index (χ3v) is 3.77. The van der Waals surface area contributed by atoms with Crippen molar-refractivity contribution in [2.75, 3.05) is 13.1 Å². The van der Waals surface area contributed by atoms with Crippen molar-refractivity contribution >= 4 is 33.8 Å². The second-order valence-corrected chi connectivity index (χ2v) is 5.47. The van der Waals surface area contributed by atoms with Gasteiger partial charge in [-0.25, -0.2) is 4.79 Å². The third-order valence-electron chi connectivity index (χ3n) is 3.24. The lowest BCUT2D eigenvalue weighted by molar-refractivity contribution is -0.152. The molecule has 1 saturated heterocycles. The molecule has 21 heavy (non-hydrogen) atoms. The summed E-state index contributed by atoms with van der Waals surface area (Å²) in [5, 5.41) is 21.0. The Hall–Kier alpha value is -1.93. The van der Waals surface area contributed by atoms with Crippen LogP contribution >= 0.6 is 15.9 Å². The predicted octanol–water partition coefficient (Wildman–Crippen LogP) is 0.401. The molecule has 2 rings (SSSR count). The fraction of sp³-hybridized carbons (Fsp3) is 0.308. The maximum atomic E-state index is 12.4. The molecule has 3 N–H and O–H groups in total. The van der Waals surface area contributed by atoms with Crippen molar-refractivity contribution < 1.29 is 24.6 Å². The average molecular weight is 357 g/mol. The number of carboxylic acid groups (broad SMARTS) is 2. The van der Waals surface area contributed by atoms with Gasteiger partial charge in [-0.05, 0) is 24.3 Å². The van der Waals surface area contributed by atoms with Gasteiger partial charge in [0, 0.05) is 23.1 Å². The summed E-state index contributed by atoms with van der Waals surface area (Å²) in [5.74, 6) is -3.14. The number of piperazine rings is 1. The maximum Gasteiger partial charge on any atom is 0.328 e. The molecule has 1 heterocycles. The first-order valence-electron chi connectivity index (χ1n) is 6.17. The van der Waals surface area contributed by atoms with Crippen molar-refractivity contribution in [3.63, 3.8) is 0 Å². The molecule has 0 unspecified atom stereocenters. The van der Waals surface area contributed by atoms with Crippen LogP contribution in [0.5, 0.6) is 0 Å².